The molecule has 0 saturated heterocycles. The fourth-order valence-corrected chi connectivity index (χ4v) is 0.626. The highest BCUT2D eigenvalue weighted by Gasteiger charge is 1.85. The lowest BCUT2D eigenvalue weighted by atomic mass is 10.4. The Morgan fingerprint density at radius 2 is 2.33 bits per heavy atom. The molecule has 54 valence electrons. The Labute approximate surface area is 64.1 Å². The van der Waals surface area contributed by atoms with E-state index in [1.165, 1.54) is 0 Å². The summed E-state index contributed by atoms with van der Waals surface area (Å²) in [5.41, 5.74) is 0. The average molecular weight is 194 g/mol. The molecule has 0 atom stereocenters. The van der Waals surface area contributed by atoms with Crippen LogP contribution in [0, 0.1) is 0 Å². The lowest BCUT2D eigenvalue weighted by molar-refractivity contribution is 0.287. The lowest BCUT2D eigenvalue weighted by Crippen LogP contribution is -2.17. The maximum absolute atomic E-state index is 8.36. The van der Waals surface area contributed by atoms with E-state index < -0.39 is 0 Å². The highest BCUT2D eigenvalue weighted by atomic mass is 79.9. The van der Waals surface area contributed by atoms with E-state index in [1.54, 1.807) is 0 Å². The van der Waals surface area contributed by atoms with Crippen molar-refractivity contribution in [2.45, 2.75) is 6.42 Å². The van der Waals surface area contributed by atoms with Gasteiger partial charge in [-0.3, -0.25) is 0 Å². The molecule has 0 aliphatic carbocycles. The molecule has 0 unspecified atom stereocenters. The molecular weight excluding hydrogens is 182 g/mol. The summed E-state index contributed by atoms with van der Waals surface area (Å²) >= 11 is 3.21. The van der Waals surface area contributed by atoms with Crippen molar-refractivity contribution in [3.05, 3.63) is 11.1 Å². The van der Waals surface area contributed by atoms with Gasteiger partial charge in [-0.05, 0) is 13.0 Å². The topological polar surface area (TPSA) is 32.3 Å². The molecule has 3 heteroatoms. The number of aliphatic hydroxyl groups excluding tert-OH is 1. The van der Waals surface area contributed by atoms with Gasteiger partial charge in [0.05, 0.1) is 0 Å². The van der Waals surface area contributed by atoms with Crippen LogP contribution in [0.3, 0.4) is 0 Å². The summed E-state index contributed by atoms with van der Waals surface area (Å²) in [6.07, 6.45) is 0.806. The lowest BCUT2D eigenvalue weighted by Gasteiger charge is -1.99. The maximum Gasteiger partial charge on any atom is 0.0443 e. The van der Waals surface area contributed by atoms with Gasteiger partial charge >= 0.3 is 0 Å². The van der Waals surface area contributed by atoms with Gasteiger partial charge in [0, 0.05) is 17.6 Å². The Kier molecular flexibility index (Phi) is 6.36. The van der Waals surface area contributed by atoms with Gasteiger partial charge in [0.1, 0.15) is 0 Å². The fraction of sp³-hybridized carbons (Fsp3) is 0.667. The molecule has 0 fully saturated rings. The second kappa shape index (κ2) is 6.26. The van der Waals surface area contributed by atoms with Crippen LogP contribution in [-0.4, -0.2) is 24.8 Å². The highest BCUT2D eigenvalue weighted by molar-refractivity contribution is 9.11. The molecule has 0 spiro atoms. The monoisotopic (exact) mass is 193 g/mol. The molecule has 0 rings (SSSR count). The van der Waals surface area contributed by atoms with Crippen molar-refractivity contribution < 1.29 is 5.11 Å². The number of nitrogens with one attached hydrogen (secondary N) is 1. The summed E-state index contributed by atoms with van der Waals surface area (Å²) in [5.74, 6) is 0. The van der Waals surface area contributed by atoms with Gasteiger partial charge in [0.25, 0.3) is 0 Å². The number of rotatable bonds is 5. The summed E-state index contributed by atoms with van der Waals surface area (Å²) in [6.45, 7) is 5.52. The molecule has 0 aliphatic heterocycles. The van der Waals surface area contributed by atoms with Crippen molar-refractivity contribution in [2.75, 3.05) is 19.7 Å². The van der Waals surface area contributed by atoms with Crippen molar-refractivity contribution in [3.63, 3.8) is 0 Å². The molecule has 0 aromatic heterocycles. The van der Waals surface area contributed by atoms with Gasteiger partial charge in [0.2, 0.25) is 0 Å². The minimum Gasteiger partial charge on any atom is -0.396 e. The molecule has 0 bridgehead atoms. The molecule has 2 N–H and O–H groups in total. The number of hydrogen-bond donors (Lipinski definition) is 2. The van der Waals surface area contributed by atoms with Crippen molar-refractivity contribution in [3.8, 4) is 0 Å². The van der Waals surface area contributed by atoms with Gasteiger partial charge in [-0.15, -0.1) is 0 Å². The quantitative estimate of drug-likeness (QED) is 0.636. The standard InChI is InChI=1S/C6H12BrNO/c1-6(7)5-8-3-2-4-9/h8-9H,1-5H2. The van der Waals surface area contributed by atoms with Crippen LogP contribution in [0.15, 0.2) is 11.1 Å². The van der Waals surface area contributed by atoms with Crippen LogP contribution >= 0.6 is 15.9 Å². The van der Waals surface area contributed by atoms with Gasteiger partial charge in [-0.25, -0.2) is 0 Å². The minimum atomic E-state index is 0.252. The molecule has 2 nitrogen and oxygen atoms in total. The second-order valence-electron chi connectivity index (χ2n) is 1.77. The molecule has 0 aliphatic rings. The number of aliphatic hydroxyl groups is 1. The van der Waals surface area contributed by atoms with E-state index in [-0.39, 0.29) is 6.61 Å². The molecule has 0 amide bonds. The van der Waals surface area contributed by atoms with E-state index in [1.807, 2.05) is 0 Å². The Morgan fingerprint density at radius 1 is 1.67 bits per heavy atom. The molecule has 0 aromatic carbocycles. The zero-order valence-corrected chi connectivity index (χ0v) is 6.95. The van der Waals surface area contributed by atoms with Crippen LogP contribution in [0.4, 0.5) is 0 Å². The largest absolute Gasteiger partial charge is 0.396 e. The summed E-state index contributed by atoms with van der Waals surface area (Å²) in [7, 11) is 0. The fourth-order valence-electron chi connectivity index (χ4n) is 0.428. The van der Waals surface area contributed by atoms with Crippen molar-refractivity contribution >= 4 is 15.9 Å². The molecule has 0 aromatic rings. The minimum absolute atomic E-state index is 0.252. The normalized spacial score (nSPS) is 9.56. The first kappa shape index (κ1) is 9.14. The molecule has 0 heterocycles. The van der Waals surface area contributed by atoms with Gasteiger partial charge < -0.3 is 10.4 Å². The Morgan fingerprint density at radius 3 is 2.78 bits per heavy atom. The van der Waals surface area contributed by atoms with Crippen LogP contribution in [0.1, 0.15) is 6.42 Å². The Hall–Kier alpha value is 0.140. The van der Waals surface area contributed by atoms with Crippen LogP contribution in [-0.2, 0) is 0 Å². The Balaban J connectivity index is 2.83. The van der Waals surface area contributed by atoms with Crippen LogP contribution in [0.5, 0.6) is 0 Å². The highest BCUT2D eigenvalue weighted by Crippen LogP contribution is 1.95. The first-order valence-corrected chi connectivity index (χ1v) is 3.71. The van der Waals surface area contributed by atoms with E-state index >= 15 is 0 Å². The molecular formula is C6H12BrNO. The third-order valence-electron chi connectivity index (χ3n) is 0.828. The van der Waals surface area contributed by atoms with Crippen molar-refractivity contribution in [1.82, 2.24) is 5.32 Å². The van der Waals surface area contributed by atoms with Crippen molar-refractivity contribution in [1.29, 1.82) is 0 Å². The van der Waals surface area contributed by atoms with Crippen molar-refractivity contribution in [2.24, 2.45) is 0 Å². The van der Waals surface area contributed by atoms with E-state index in [0.717, 1.165) is 24.0 Å². The average Bonchev–Trinajstić information content (AvgIpc) is 1.80. The molecule has 0 saturated carbocycles. The summed E-state index contributed by atoms with van der Waals surface area (Å²) in [4.78, 5) is 0. The van der Waals surface area contributed by atoms with Gasteiger partial charge in [-0.2, -0.15) is 0 Å². The summed E-state index contributed by atoms with van der Waals surface area (Å²) in [5, 5.41) is 11.4. The second-order valence-corrected chi connectivity index (χ2v) is 2.89. The first-order chi connectivity index (χ1) is 4.27. The smallest absolute Gasteiger partial charge is 0.0443 e. The third-order valence-corrected chi connectivity index (χ3v) is 1.11. The van der Waals surface area contributed by atoms with E-state index in [0.29, 0.717) is 0 Å². The number of hydrogen-bond acceptors (Lipinski definition) is 2. The predicted molar refractivity (Wildman–Crippen MR) is 42.6 cm³/mol. The summed E-state index contributed by atoms with van der Waals surface area (Å²) in [6, 6.07) is 0. The Bertz CT molecular complexity index is 85.1. The molecule has 9 heavy (non-hydrogen) atoms. The summed E-state index contributed by atoms with van der Waals surface area (Å²) < 4.78 is 0.945. The third kappa shape index (κ3) is 8.14. The number of halogens is 1. The van der Waals surface area contributed by atoms with E-state index in [9.17, 15) is 0 Å². The van der Waals surface area contributed by atoms with Gasteiger partial charge in [0.15, 0.2) is 0 Å². The van der Waals surface area contributed by atoms with Gasteiger partial charge in [-0.1, -0.05) is 22.5 Å². The van der Waals surface area contributed by atoms with Crippen LogP contribution < -0.4 is 5.32 Å². The van der Waals surface area contributed by atoms with E-state index in [2.05, 4.69) is 27.8 Å². The predicted octanol–water partition coefficient (Wildman–Crippen LogP) is 0.867. The zero-order chi connectivity index (χ0) is 7.11. The molecule has 0 radical (unpaired) electrons. The first-order valence-electron chi connectivity index (χ1n) is 2.92. The van der Waals surface area contributed by atoms with E-state index in [4.69, 9.17) is 5.11 Å². The zero-order valence-electron chi connectivity index (χ0n) is 5.36. The van der Waals surface area contributed by atoms with Crippen LogP contribution in [0.25, 0.3) is 0 Å². The maximum atomic E-state index is 8.36. The SMILES string of the molecule is C=C(Br)CNCCCO. The van der Waals surface area contributed by atoms with Crippen LogP contribution in [0.2, 0.25) is 0 Å².